The standard InChI is InChI=1S/C16H22N2O/c1-2-3-4-12-16(19)18-17-15-11-7-9-13-8-5-6-10-14(13)15/h5-6,8,10H,2-4,7,9,11-12H2,1H3,(H,18,19). The molecule has 19 heavy (non-hydrogen) atoms. The first-order valence-corrected chi connectivity index (χ1v) is 7.25. The van der Waals surface area contributed by atoms with Crippen LogP contribution in [0.2, 0.25) is 0 Å². The number of nitrogens with zero attached hydrogens (tertiary/aromatic N) is 1. The van der Waals surface area contributed by atoms with Gasteiger partial charge in [-0.1, -0.05) is 44.0 Å². The number of nitrogens with one attached hydrogen (secondary N) is 1. The highest BCUT2D eigenvalue weighted by Crippen LogP contribution is 2.21. The van der Waals surface area contributed by atoms with Gasteiger partial charge in [-0.25, -0.2) is 5.43 Å². The van der Waals surface area contributed by atoms with Gasteiger partial charge >= 0.3 is 0 Å². The maximum atomic E-state index is 11.7. The van der Waals surface area contributed by atoms with Gasteiger partial charge in [0.05, 0.1) is 5.71 Å². The fourth-order valence-electron chi connectivity index (χ4n) is 2.44. The second-order valence-corrected chi connectivity index (χ2v) is 5.06. The average molecular weight is 258 g/mol. The van der Waals surface area contributed by atoms with E-state index in [1.165, 1.54) is 11.1 Å². The number of carbonyl (C=O) groups excluding carboxylic acids is 1. The predicted molar refractivity (Wildman–Crippen MR) is 78.2 cm³/mol. The summed E-state index contributed by atoms with van der Waals surface area (Å²) in [6, 6.07) is 8.33. The molecule has 102 valence electrons. The summed E-state index contributed by atoms with van der Waals surface area (Å²) in [6.07, 6.45) is 6.94. The quantitative estimate of drug-likeness (QED) is 0.638. The van der Waals surface area contributed by atoms with Gasteiger partial charge in [0.1, 0.15) is 0 Å². The molecular weight excluding hydrogens is 236 g/mol. The zero-order chi connectivity index (χ0) is 13.5. The van der Waals surface area contributed by atoms with Gasteiger partial charge in [-0.15, -0.1) is 0 Å². The van der Waals surface area contributed by atoms with Crippen LogP contribution in [0.4, 0.5) is 0 Å². The van der Waals surface area contributed by atoms with Crippen molar-refractivity contribution >= 4 is 11.6 Å². The Morgan fingerprint density at radius 1 is 1.26 bits per heavy atom. The molecule has 1 aliphatic carbocycles. The van der Waals surface area contributed by atoms with Crippen molar-refractivity contribution in [3.05, 3.63) is 35.4 Å². The van der Waals surface area contributed by atoms with Crippen molar-refractivity contribution in [1.29, 1.82) is 0 Å². The molecule has 2 rings (SSSR count). The number of benzene rings is 1. The zero-order valence-corrected chi connectivity index (χ0v) is 11.6. The van der Waals surface area contributed by atoms with Crippen molar-refractivity contribution in [2.24, 2.45) is 5.10 Å². The van der Waals surface area contributed by atoms with Crippen molar-refractivity contribution in [2.45, 2.75) is 51.9 Å². The molecule has 0 saturated heterocycles. The molecule has 0 atom stereocenters. The number of unbranched alkanes of at least 4 members (excludes halogenated alkanes) is 2. The van der Waals surface area contributed by atoms with Crippen LogP contribution in [0.25, 0.3) is 0 Å². The van der Waals surface area contributed by atoms with Crippen LogP contribution >= 0.6 is 0 Å². The predicted octanol–water partition coefficient (Wildman–Crippen LogP) is 3.42. The summed E-state index contributed by atoms with van der Waals surface area (Å²) in [5.74, 6) is 0.0315. The van der Waals surface area contributed by atoms with E-state index < -0.39 is 0 Å². The molecule has 1 aromatic rings. The lowest BCUT2D eigenvalue weighted by Crippen LogP contribution is -2.21. The molecule has 0 aromatic heterocycles. The molecular formula is C16H22N2O. The molecule has 0 aliphatic heterocycles. The van der Waals surface area contributed by atoms with Crippen LogP contribution in [-0.2, 0) is 11.2 Å². The fraction of sp³-hybridized carbons (Fsp3) is 0.500. The minimum Gasteiger partial charge on any atom is -0.273 e. The Bertz CT molecular complexity index is 466. The molecule has 0 heterocycles. The Balaban J connectivity index is 1.95. The van der Waals surface area contributed by atoms with Crippen LogP contribution in [0.15, 0.2) is 29.4 Å². The molecule has 0 unspecified atom stereocenters. The van der Waals surface area contributed by atoms with Crippen LogP contribution in [0.1, 0.15) is 56.6 Å². The molecule has 3 heteroatoms. The number of hydrogen-bond acceptors (Lipinski definition) is 2. The fourth-order valence-corrected chi connectivity index (χ4v) is 2.44. The summed E-state index contributed by atoms with van der Waals surface area (Å²) in [7, 11) is 0. The number of hydrazone groups is 1. The molecule has 0 fully saturated rings. The molecule has 0 saturated carbocycles. The van der Waals surface area contributed by atoms with E-state index in [0.717, 1.165) is 44.2 Å². The van der Waals surface area contributed by atoms with E-state index in [0.29, 0.717) is 6.42 Å². The van der Waals surface area contributed by atoms with Gasteiger partial charge in [-0.2, -0.15) is 5.10 Å². The second-order valence-electron chi connectivity index (χ2n) is 5.06. The number of hydrogen-bond donors (Lipinski definition) is 1. The second kappa shape index (κ2) is 7.07. The van der Waals surface area contributed by atoms with Gasteiger partial charge in [-0.3, -0.25) is 4.79 Å². The molecule has 0 radical (unpaired) electrons. The Morgan fingerprint density at radius 2 is 2.11 bits per heavy atom. The number of amides is 1. The van der Waals surface area contributed by atoms with Crippen LogP contribution in [0.3, 0.4) is 0 Å². The SMILES string of the molecule is CCCCCC(=O)NN=C1CCCc2ccccc21. The Kier molecular flexibility index (Phi) is 5.13. The molecule has 1 amide bonds. The largest absolute Gasteiger partial charge is 0.273 e. The lowest BCUT2D eigenvalue weighted by atomic mass is 9.90. The van der Waals surface area contributed by atoms with E-state index in [1.54, 1.807) is 0 Å². The topological polar surface area (TPSA) is 41.5 Å². The highest BCUT2D eigenvalue weighted by molar-refractivity contribution is 6.03. The van der Waals surface area contributed by atoms with E-state index in [1.807, 2.05) is 6.07 Å². The maximum absolute atomic E-state index is 11.7. The Morgan fingerprint density at radius 3 is 2.95 bits per heavy atom. The van der Waals surface area contributed by atoms with E-state index in [-0.39, 0.29) is 5.91 Å². The third-order valence-corrected chi connectivity index (χ3v) is 3.51. The van der Waals surface area contributed by atoms with Crippen molar-refractivity contribution in [3.8, 4) is 0 Å². The van der Waals surface area contributed by atoms with Crippen LogP contribution in [0.5, 0.6) is 0 Å². The van der Waals surface area contributed by atoms with Crippen LogP contribution in [0, 0.1) is 0 Å². The van der Waals surface area contributed by atoms with Crippen molar-refractivity contribution in [2.75, 3.05) is 0 Å². The molecule has 1 N–H and O–H groups in total. The first-order valence-electron chi connectivity index (χ1n) is 7.25. The van der Waals surface area contributed by atoms with E-state index in [4.69, 9.17) is 0 Å². The van der Waals surface area contributed by atoms with Gasteiger partial charge in [0.2, 0.25) is 5.91 Å². The number of carbonyl (C=O) groups is 1. The minimum atomic E-state index is 0.0315. The summed E-state index contributed by atoms with van der Waals surface area (Å²) in [6.45, 7) is 2.14. The summed E-state index contributed by atoms with van der Waals surface area (Å²) < 4.78 is 0. The zero-order valence-electron chi connectivity index (χ0n) is 11.6. The molecule has 1 aliphatic rings. The Labute approximate surface area is 115 Å². The van der Waals surface area contributed by atoms with Gasteiger partial charge in [0, 0.05) is 12.0 Å². The summed E-state index contributed by atoms with van der Waals surface area (Å²) in [4.78, 5) is 11.7. The van der Waals surface area contributed by atoms with Gasteiger partial charge in [0.25, 0.3) is 0 Å². The number of aryl methyl sites for hydroxylation is 1. The highest BCUT2D eigenvalue weighted by Gasteiger charge is 2.14. The minimum absolute atomic E-state index is 0.0315. The van der Waals surface area contributed by atoms with E-state index in [2.05, 4.69) is 35.7 Å². The summed E-state index contributed by atoms with van der Waals surface area (Å²) in [5.41, 5.74) is 6.26. The highest BCUT2D eigenvalue weighted by atomic mass is 16.2. The van der Waals surface area contributed by atoms with Crippen molar-refractivity contribution in [1.82, 2.24) is 5.43 Å². The third-order valence-electron chi connectivity index (χ3n) is 3.51. The maximum Gasteiger partial charge on any atom is 0.240 e. The van der Waals surface area contributed by atoms with E-state index in [9.17, 15) is 4.79 Å². The van der Waals surface area contributed by atoms with Crippen molar-refractivity contribution < 1.29 is 4.79 Å². The first-order chi connectivity index (χ1) is 9.31. The number of rotatable bonds is 5. The normalized spacial score (nSPS) is 16.2. The smallest absolute Gasteiger partial charge is 0.240 e. The molecule has 0 spiro atoms. The molecule has 0 bridgehead atoms. The van der Waals surface area contributed by atoms with Gasteiger partial charge in [0.15, 0.2) is 0 Å². The monoisotopic (exact) mass is 258 g/mol. The lowest BCUT2D eigenvalue weighted by molar-refractivity contribution is -0.121. The molecule has 1 aromatic carbocycles. The van der Waals surface area contributed by atoms with Gasteiger partial charge < -0.3 is 0 Å². The lowest BCUT2D eigenvalue weighted by Gasteiger charge is -2.17. The average Bonchev–Trinajstić information content (AvgIpc) is 2.45. The Hall–Kier alpha value is -1.64. The third kappa shape index (κ3) is 3.91. The summed E-state index contributed by atoms with van der Waals surface area (Å²) in [5, 5.41) is 4.32. The van der Waals surface area contributed by atoms with Crippen LogP contribution in [-0.4, -0.2) is 11.6 Å². The van der Waals surface area contributed by atoms with Gasteiger partial charge in [-0.05, 0) is 31.2 Å². The van der Waals surface area contributed by atoms with Crippen LogP contribution < -0.4 is 5.43 Å². The van der Waals surface area contributed by atoms with E-state index >= 15 is 0 Å². The number of fused-ring (bicyclic) bond motifs is 1. The van der Waals surface area contributed by atoms with Crippen molar-refractivity contribution in [3.63, 3.8) is 0 Å². The summed E-state index contributed by atoms with van der Waals surface area (Å²) >= 11 is 0. The molecule has 3 nitrogen and oxygen atoms in total. The first kappa shape index (κ1) is 13.8.